The molecule has 1 atom stereocenters. The van der Waals surface area contributed by atoms with Crippen molar-refractivity contribution in [2.75, 3.05) is 26.2 Å². The minimum Gasteiger partial charge on any atom is -0.480 e. The summed E-state index contributed by atoms with van der Waals surface area (Å²) in [6.45, 7) is 5.75. The molecule has 5 heteroatoms. The normalized spacial score (nSPS) is 21.0. The van der Waals surface area contributed by atoms with Gasteiger partial charge in [-0.3, -0.25) is 14.5 Å². The average Bonchev–Trinajstić information content (AvgIpc) is 2.60. The lowest BCUT2D eigenvalue weighted by atomic mass is 10.2. The zero-order valence-corrected chi connectivity index (χ0v) is 9.98. The van der Waals surface area contributed by atoms with Crippen LogP contribution in [0.2, 0.25) is 0 Å². The highest BCUT2D eigenvalue weighted by atomic mass is 16.4. The predicted octanol–water partition coefficient (Wildman–Crippen LogP) is 0.404. The van der Waals surface area contributed by atoms with E-state index in [1.165, 1.54) is 0 Å². The van der Waals surface area contributed by atoms with Gasteiger partial charge in [0.05, 0.1) is 6.54 Å². The van der Waals surface area contributed by atoms with Crippen molar-refractivity contribution in [3.63, 3.8) is 0 Å². The van der Waals surface area contributed by atoms with Gasteiger partial charge in [-0.05, 0) is 26.3 Å². The molecule has 92 valence electrons. The first kappa shape index (κ1) is 13.0. The van der Waals surface area contributed by atoms with Gasteiger partial charge in [0.1, 0.15) is 0 Å². The topological polar surface area (TPSA) is 60.9 Å². The Balaban J connectivity index is 2.51. The summed E-state index contributed by atoms with van der Waals surface area (Å²) in [4.78, 5) is 25.7. The molecule has 1 aliphatic rings. The molecule has 0 radical (unpaired) electrons. The third-order valence-electron chi connectivity index (χ3n) is 3.10. The van der Waals surface area contributed by atoms with E-state index in [-0.39, 0.29) is 18.5 Å². The molecule has 1 unspecified atom stereocenters. The van der Waals surface area contributed by atoms with Crippen molar-refractivity contribution in [3.05, 3.63) is 0 Å². The third kappa shape index (κ3) is 3.48. The Labute approximate surface area is 96.0 Å². The standard InChI is InChI=1S/C11H20N2O3/c1-3-12(9(2)14)7-10-5-4-6-13(10)8-11(15)16/h10H,3-8H2,1-2H3,(H,15,16). The van der Waals surface area contributed by atoms with Crippen molar-refractivity contribution in [3.8, 4) is 0 Å². The molecular weight excluding hydrogens is 208 g/mol. The largest absolute Gasteiger partial charge is 0.480 e. The molecule has 1 aliphatic heterocycles. The summed E-state index contributed by atoms with van der Waals surface area (Å²) in [5, 5.41) is 8.77. The van der Waals surface area contributed by atoms with Crippen LogP contribution in [0.15, 0.2) is 0 Å². The highest BCUT2D eigenvalue weighted by molar-refractivity contribution is 5.73. The van der Waals surface area contributed by atoms with Crippen molar-refractivity contribution >= 4 is 11.9 Å². The van der Waals surface area contributed by atoms with Crippen LogP contribution in [0.3, 0.4) is 0 Å². The molecule has 1 fully saturated rings. The van der Waals surface area contributed by atoms with Gasteiger partial charge >= 0.3 is 5.97 Å². The Morgan fingerprint density at radius 1 is 1.50 bits per heavy atom. The van der Waals surface area contributed by atoms with Gasteiger partial charge in [-0.2, -0.15) is 0 Å². The number of carboxylic acids is 1. The van der Waals surface area contributed by atoms with Crippen LogP contribution in [-0.2, 0) is 9.59 Å². The van der Waals surface area contributed by atoms with Gasteiger partial charge in [-0.15, -0.1) is 0 Å². The molecule has 1 N–H and O–H groups in total. The average molecular weight is 228 g/mol. The Hall–Kier alpha value is -1.10. The van der Waals surface area contributed by atoms with Crippen LogP contribution < -0.4 is 0 Å². The lowest BCUT2D eigenvalue weighted by Gasteiger charge is -2.28. The van der Waals surface area contributed by atoms with E-state index in [1.54, 1.807) is 11.8 Å². The van der Waals surface area contributed by atoms with Crippen LogP contribution in [0.1, 0.15) is 26.7 Å². The molecule has 1 heterocycles. The summed E-state index contributed by atoms with van der Waals surface area (Å²) in [6, 6.07) is 0.208. The molecule has 0 aromatic carbocycles. The van der Waals surface area contributed by atoms with Gasteiger partial charge in [-0.25, -0.2) is 0 Å². The van der Waals surface area contributed by atoms with E-state index in [9.17, 15) is 9.59 Å². The molecule has 5 nitrogen and oxygen atoms in total. The summed E-state index contributed by atoms with van der Waals surface area (Å²) in [6.07, 6.45) is 2.00. The quantitative estimate of drug-likeness (QED) is 0.740. The number of hydrogen-bond donors (Lipinski definition) is 1. The summed E-state index contributed by atoms with van der Waals surface area (Å²) >= 11 is 0. The Morgan fingerprint density at radius 3 is 2.69 bits per heavy atom. The smallest absolute Gasteiger partial charge is 0.317 e. The molecule has 1 rings (SSSR count). The van der Waals surface area contributed by atoms with Crippen molar-refractivity contribution in [1.82, 2.24) is 9.80 Å². The minimum absolute atomic E-state index is 0.0599. The van der Waals surface area contributed by atoms with Crippen LogP contribution in [0.4, 0.5) is 0 Å². The third-order valence-corrected chi connectivity index (χ3v) is 3.10. The van der Waals surface area contributed by atoms with E-state index in [2.05, 4.69) is 0 Å². The maximum absolute atomic E-state index is 11.3. The first-order valence-corrected chi connectivity index (χ1v) is 5.76. The second-order valence-electron chi connectivity index (χ2n) is 4.22. The molecule has 0 spiro atoms. The molecule has 0 aromatic heterocycles. The number of aliphatic carboxylic acids is 1. The van der Waals surface area contributed by atoms with Gasteiger partial charge in [0, 0.05) is 26.1 Å². The predicted molar refractivity (Wildman–Crippen MR) is 60.2 cm³/mol. The molecule has 0 aromatic rings. The molecular formula is C11H20N2O3. The van der Waals surface area contributed by atoms with Gasteiger partial charge in [0.2, 0.25) is 5.91 Å². The zero-order chi connectivity index (χ0) is 12.1. The van der Waals surface area contributed by atoms with Crippen LogP contribution in [-0.4, -0.2) is 59.0 Å². The number of carbonyl (C=O) groups excluding carboxylic acids is 1. The van der Waals surface area contributed by atoms with E-state index < -0.39 is 5.97 Å². The number of carboxylic acid groups (broad SMARTS) is 1. The maximum atomic E-state index is 11.3. The number of likely N-dealkylation sites (tertiary alicyclic amines) is 1. The fourth-order valence-corrected chi connectivity index (χ4v) is 2.22. The van der Waals surface area contributed by atoms with E-state index in [4.69, 9.17) is 5.11 Å². The number of hydrogen-bond acceptors (Lipinski definition) is 3. The van der Waals surface area contributed by atoms with Gasteiger partial charge in [0.25, 0.3) is 0 Å². The SMILES string of the molecule is CCN(CC1CCCN1CC(=O)O)C(C)=O. The Morgan fingerprint density at radius 2 is 2.19 bits per heavy atom. The summed E-state index contributed by atoms with van der Waals surface area (Å²) in [5.41, 5.74) is 0. The van der Waals surface area contributed by atoms with E-state index in [0.29, 0.717) is 13.1 Å². The number of amides is 1. The van der Waals surface area contributed by atoms with E-state index in [1.807, 2.05) is 11.8 Å². The second-order valence-corrected chi connectivity index (χ2v) is 4.22. The number of likely N-dealkylation sites (N-methyl/N-ethyl adjacent to an activating group) is 1. The van der Waals surface area contributed by atoms with Crippen LogP contribution in [0.25, 0.3) is 0 Å². The fourth-order valence-electron chi connectivity index (χ4n) is 2.22. The van der Waals surface area contributed by atoms with Crippen LogP contribution in [0.5, 0.6) is 0 Å². The lowest BCUT2D eigenvalue weighted by Crippen LogP contribution is -2.43. The highest BCUT2D eigenvalue weighted by Gasteiger charge is 2.27. The molecule has 1 saturated heterocycles. The van der Waals surface area contributed by atoms with Crippen molar-refractivity contribution in [2.45, 2.75) is 32.7 Å². The number of rotatable bonds is 5. The fraction of sp³-hybridized carbons (Fsp3) is 0.818. The van der Waals surface area contributed by atoms with Gasteiger partial charge in [-0.1, -0.05) is 0 Å². The Kier molecular flexibility index (Phi) is 4.73. The summed E-state index contributed by atoms with van der Waals surface area (Å²) < 4.78 is 0. The first-order chi connectivity index (χ1) is 7.54. The second kappa shape index (κ2) is 5.84. The highest BCUT2D eigenvalue weighted by Crippen LogP contribution is 2.17. The maximum Gasteiger partial charge on any atom is 0.317 e. The first-order valence-electron chi connectivity index (χ1n) is 5.76. The van der Waals surface area contributed by atoms with Gasteiger partial charge < -0.3 is 10.0 Å². The van der Waals surface area contributed by atoms with Crippen LogP contribution in [0, 0.1) is 0 Å². The van der Waals surface area contributed by atoms with E-state index in [0.717, 1.165) is 19.4 Å². The van der Waals surface area contributed by atoms with Gasteiger partial charge in [0.15, 0.2) is 0 Å². The van der Waals surface area contributed by atoms with Crippen molar-refractivity contribution in [1.29, 1.82) is 0 Å². The lowest BCUT2D eigenvalue weighted by molar-refractivity contribution is -0.138. The molecule has 0 aliphatic carbocycles. The Bertz CT molecular complexity index is 268. The summed E-state index contributed by atoms with van der Waals surface area (Å²) in [7, 11) is 0. The minimum atomic E-state index is -0.794. The number of carbonyl (C=O) groups is 2. The molecule has 16 heavy (non-hydrogen) atoms. The molecule has 0 saturated carbocycles. The van der Waals surface area contributed by atoms with E-state index >= 15 is 0 Å². The molecule has 1 amide bonds. The monoisotopic (exact) mass is 228 g/mol. The van der Waals surface area contributed by atoms with Crippen LogP contribution >= 0.6 is 0 Å². The number of nitrogens with zero attached hydrogens (tertiary/aromatic N) is 2. The zero-order valence-electron chi connectivity index (χ0n) is 9.98. The van der Waals surface area contributed by atoms with Crippen molar-refractivity contribution < 1.29 is 14.7 Å². The molecule has 0 bridgehead atoms. The van der Waals surface area contributed by atoms with Crippen molar-refractivity contribution in [2.24, 2.45) is 0 Å². The summed E-state index contributed by atoms with van der Waals surface area (Å²) in [5.74, 6) is -0.734.